The summed E-state index contributed by atoms with van der Waals surface area (Å²) in [6, 6.07) is 15.6. The fourth-order valence-corrected chi connectivity index (χ4v) is 2.13. The summed E-state index contributed by atoms with van der Waals surface area (Å²) in [6.07, 6.45) is 0. The van der Waals surface area contributed by atoms with Gasteiger partial charge in [0, 0.05) is 6.54 Å². The molecule has 1 atom stereocenters. The zero-order chi connectivity index (χ0) is 14.6. The summed E-state index contributed by atoms with van der Waals surface area (Å²) in [4.78, 5) is 0. The van der Waals surface area contributed by atoms with Crippen LogP contribution in [0.3, 0.4) is 0 Å². The number of rotatable bonds is 5. The van der Waals surface area contributed by atoms with Crippen LogP contribution in [0.5, 0.6) is 5.75 Å². The molecule has 0 aromatic heterocycles. The standard InChI is InChI=1S/C17H21NO2/c1-13-9-10-16(20-3)15(11-13)18-12-17(2,19)14-7-5-4-6-8-14/h4-11,18-19H,12H2,1-3H3. The zero-order valence-electron chi connectivity index (χ0n) is 12.2. The quantitative estimate of drug-likeness (QED) is 0.876. The number of methoxy groups -OCH3 is 1. The minimum absolute atomic E-state index is 0.414. The fourth-order valence-electron chi connectivity index (χ4n) is 2.13. The van der Waals surface area contributed by atoms with Crippen molar-refractivity contribution in [3.8, 4) is 5.75 Å². The molecule has 0 aliphatic rings. The van der Waals surface area contributed by atoms with E-state index in [0.29, 0.717) is 6.54 Å². The van der Waals surface area contributed by atoms with E-state index in [2.05, 4.69) is 5.32 Å². The highest BCUT2D eigenvalue weighted by Gasteiger charge is 2.22. The predicted molar refractivity (Wildman–Crippen MR) is 82.2 cm³/mol. The van der Waals surface area contributed by atoms with E-state index in [1.54, 1.807) is 14.0 Å². The third kappa shape index (κ3) is 3.31. The Labute approximate surface area is 120 Å². The highest BCUT2D eigenvalue weighted by atomic mass is 16.5. The van der Waals surface area contributed by atoms with Gasteiger partial charge in [-0.3, -0.25) is 0 Å². The van der Waals surface area contributed by atoms with E-state index in [-0.39, 0.29) is 0 Å². The van der Waals surface area contributed by atoms with Crippen LogP contribution in [0.4, 0.5) is 5.69 Å². The fraction of sp³-hybridized carbons (Fsp3) is 0.294. The van der Waals surface area contributed by atoms with Crippen LogP contribution in [0, 0.1) is 6.92 Å². The van der Waals surface area contributed by atoms with Gasteiger partial charge in [0.15, 0.2) is 0 Å². The van der Waals surface area contributed by atoms with Gasteiger partial charge in [-0.25, -0.2) is 0 Å². The molecule has 0 spiro atoms. The molecule has 0 saturated carbocycles. The molecule has 0 radical (unpaired) electrons. The highest BCUT2D eigenvalue weighted by molar-refractivity contribution is 5.58. The maximum atomic E-state index is 10.6. The molecule has 0 saturated heterocycles. The molecule has 0 aliphatic carbocycles. The average Bonchev–Trinajstić information content (AvgIpc) is 2.46. The molecule has 0 aliphatic heterocycles. The Balaban J connectivity index is 2.14. The summed E-state index contributed by atoms with van der Waals surface area (Å²) in [5.41, 5.74) is 1.99. The van der Waals surface area contributed by atoms with Crippen LogP contribution in [0.15, 0.2) is 48.5 Å². The van der Waals surface area contributed by atoms with Crippen molar-refractivity contribution >= 4 is 5.69 Å². The van der Waals surface area contributed by atoms with Gasteiger partial charge in [-0.2, -0.15) is 0 Å². The molecule has 2 N–H and O–H groups in total. The van der Waals surface area contributed by atoms with E-state index in [0.717, 1.165) is 22.6 Å². The molecule has 0 heterocycles. The Kier molecular flexibility index (Phi) is 4.30. The molecular weight excluding hydrogens is 250 g/mol. The number of ether oxygens (including phenoxy) is 1. The lowest BCUT2D eigenvalue weighted by Crippen LogP contribution is -2.30. The second kappa shape index (κ2) is 5.97. The lowest BCUT2D eigenvalue weighted by molar-refractivity contribution is 0.0715. The van der Waals surface area contributed by atoms with Crippen molar-refractivity contribution in [2.75, 3.05) is 19.0 Å². The van der Waals surface area contributed by atoms with Gasteiger partial charge in [0.1, 0.15) is 11.4 Å². The summed E-state index contributed by atoms with van der Waals surface area (Å²) in [6.45, 7) is 4.24. The van der Waals surface area contributed by atoms with Crippen molar-refractivity contribution in [2.24, 2.45) is 0 Å². The lowest BCUT2D eigenvalue weighted by atomic mass is 9.96. The van der Waals surface area contributed by atoms with E-state index in [9.17, 15) is 5.11 Å². The molecule has 2 rings (SSSR count). The summed E-state index contributed by atoms with van der Waals surface area (Å²) in [5.74, 6) is 0.777. The molecule has 0 amide bonds. The maximum absolute atomic E-state index is 10.6. The minimum atomic E-state index is -0.935. The average molecular weight is 271 g/mol. The Morgan fingerprint density at radius 1 is 1.15 bits per heavy atom. The van der Waals surface area contributed by atoms with Crippen molar-refractivity contribution in [2.45, 2.75) is 19.4 Å². The molecule has 3 heteroatoms. The molecular formula is C17H21NO2. The first-order valence-corrected chi connectivity index (χ1v) is 6.69. The summed E-state index contributed by atoms with van der Waals surface area (Å²) < 4.78 is 5.33. The van der Waals surface area contributed by atoms with Crippen molar-refractivity contribution in [1.82, 2.24) is 0 Å². The smallest absolute Gasteiger partial charge is 0.141 e. The largest absolute Gasteiger partial charge is 0.495 e. The van der Waals surface area contributed by atoms with Gasteiger partial charge in [-0.05, 0) is 37.1 Å². The Morgan fingerprint density at radius 2 is 1.85 bits per heavy atom. The van der Waals surface area contributed by atoms with Crippen LogP contribution in [0.2, 0.25) is 0 Å². The monoisotopic (exact) mass is 271 g/mol. The zero-order valence-corrected chi connectivity index (χ0v) is 12.2. The first-order valence-electron chi connectivity index (χ1n) is 6.69. The first-order chi connectivity index (χ1) is 9.53. The molecule has 2 aromatic rings. The van der Waals surface area contributed by atoms with Gasteiger partial charge < -0.3 is 15.2 Å². The van der Waals surface area contributed by atoms with E-state index >= 15 is 0 Å². The number of aryl methyl sites for hydroxylation is 1. The molecule has 2 aromatic carbocycles. The van der Waals surface area contributed by atoms with Crippen LogP contribution < -0.4 is 10.1 Å². The van der Waals surface area contributed by atoms with Crippen molar-refractivity contribution in [1.29, 1.82) is 0 Å². The van der Waals surface area contributed by atoms with Gasteiger partial charge in [0.05, 0.1) is 12.8 Å². The van der Waals surface area contributed by atoms with Crippen molar-refractivity contribution in [3.05, 3.63) is 59.7 Å². The van der Waals surface area contributed by atoms with Crippen LogP contribution in [-0.2, 0) is 5.60 Å². The number of aliphatic hydroxyl groups is 1. The number of nitrogens with one attached hydrogen (secondary N) is 1. The van der Waals surface area contributed by atoms with Gasteiger partial charge in [-0.15, -0.1) is 0 Å². The first kappa shape index (κ1) is 14.4. The number of anilines is 1. The van der Waals surface area contributed by atoms with E-state index in [4.69, 9.17) is 4.74 Å². The van der Waals surface area contributed by atoms with Crippen LogP contribution in [0.1, 0.15) is 18.1 Å². The summed E-state index contributed by atoms with van der Waals surface area (Å²) in [7, 11) is 1.64. The predicted octanol–water partition coefficient (Wildman–Crippen LogP) is 3.32. The van der Waals surface area contributed by atoms with Crippen LogP contribution in [0.25, 0.3) is 0 Å². The van der Waals surface area contributed by atoms with Crippen molar-refractivity contribution in [3.63, 3.8) is 0 Å². The van der Waals surface area contributed by atoms with Gasteiger partial charge >= 0.3 is 0 Å². The summed E-state index contributed by atoms with van der Waals surface area (Å²) >= 11 is 0. The van der Waals surface area contributed by atoms with Crippen LogP contribution >= 0.6 is 0 Å². The minimum Gasteiger partial charge on any atom is -0.495 e. The highest BCUT2D eigenvalue weighted by Crippen LogP contribution is 2.27. The second-order valence-corrected chi connectivity index (χ2v) is 5.20. The van der Waals surface area contributed by atoms with E-state index in [1.165, 1.54) is 0 Å². The molecule has 1 unspecified atom stereocenters. The molecule has 0 bridgehead atoms. The summed E-state index contributed by atoms with van der Waals surface area (Å²) in [5, 5.41) is 13.8. The van der Waals surface area contributed by atoms with E-state index in [1.807, 2.05) is 55.5 Å². The molecule has 20 heavy (non-hydrogen) atoms. The van der Waals surface area contributed by atoms with Crippen molar-refractivity contribution < 1.29 is 9.84 Å². The second-order valence-electron chi connectivity index (χ2n) is 5.20. The Morgan fingerprint density at radius 3 is 2.50 bits per heavy atom. The molecule has 3 nitrogen and oxygen atoms in total. The van der Waals surface area contributed by atoms with Gasteiger partial charge in [0.25, 0.3) is 0 Å². The molecule has 0 fully saturated rings. The maximum Gasteiger partial charge on any atom is 0.141 e. The van der Waals surface area contributed by atoms with Crippen LogP contribution in [-0.4, -0.2) is 18.8 Å². The number of hydrogen-bond donors (Lipinski definition) is 2. The number of hydrogen-bond acceptors (Lipinski definition) is 3. The van der Waals surface area contributed by atoms with Gasteiger partial charge in [-0.1, -0.05) is 36.4 Å². The number of benzene rings is 2. The van der Waals surface area contributed by atoms with Gasteiger partial charge in [0.2, 0.25) is 0 Å². The molecule has 106 valence electrons. The van der Waals surface area contributed by atoms with E-state index < -0.39 is 5.60 Å². The topological polar surface area (TPSA) is 41.5 Å². The third-order valence-corrected chi connectivity index (χ3v) is 3.37. The normalized spacial score (nSPS) is 13.6. The Bertz CT molecular complexity index is 564. The third-order valence-electron chi connectivity index (χ3n) is 3.37. The SMILES string of the molecule is COc1ccc(C)cc1NCC(C)(O)c1ccccc1. The lowest BCUT2D eigenvalue weighted by Gasteiger charge is -2.25. The Hall–Kier alpha value is -2.00.